The first-order valence-corrected chi connectivity index (χ1v) is 8.30. The summed E-state index contributed by atoms with van der Waals surface area (Å²) in [5, 5.41) is 21.1. The minimum atomic E-state index is -1.16. The smallest absolute Gasteiger partial charge is 0.174 e. The topological polar surface area (TPSA) is 94.5 Å². The predicted octanol–water partition coefficient (Wildman–Crippen LogP) is 2.03. The highest BCUT2D eigenvalue weighted by atomic mass is 16.7. The fourth-order valence-electron chi connectivity index (χ4n) is 3.71. The molecule has 2 aliphatic rings. The van der Waals surface area contributed by atoms with Crippen LogP contribution >= 0.6 is 0 Å². The lowest BCUT2D eigenvalue weighted by molar-refractivity contribution is -0.249. The second-order valence-corrected chi connectivity index (χ2v) is 6.68. The Morgan fingerprint density at radius 2 is 1.76 bits per heavy atom. The number of methoxy groups -OCH3 is 3. The molecule has 1 saturated carbocycles. The Morgan fingerprint density at radius 1 is 1.12 bits per heavy atom. The maximum absolute atomic E-state index is 12.5. The van der Waals surface area contributed by atoms with Crippen molar-refractivity contribution in [2.75, 3.05) is 21.3 Å². The van der Waals surface area contributed by atoms with Crippen LogP contribution in [0.1, 0.15) is 42.5 Å². The number of rotatable bonds is 4. The summed E-state index contributed by atoms with van der Waals surface area (Å²) in [7, 11) is 4.63. The van der Waals surface area contributed by atoms with Crippen LogP contribution < -0.4 is 9.47 Å². The maximum Gasteiger partial charge on any atom is 0.174 e. The minimum Gasteiger partial charge on any atom is -0.507 e. The molecule has 2 N–H and O–H groups in total. The molecule has 0 radical (unpaired) electrons. The molecule has 1 aliphatic carbocycles. The van der Waals surface area contributed by atoms with Gasteiger partial charge in [0.15, 0.2) is 11.6 Å². The summed E-state index contributed by atoms with van der Waals surface area (Å²) in [6.45, 7) is 0. The highest BCUT2D eigenvalue weighted by molar-refractivity contribution is 6.02. The zero-order valence-electron chi connectivity index (χ0n) is 14.7. The van der Waals surface area contributed by atoms with Gasteiger partial charge < -0.3 is 29.2 Å². The van der Waals surface area contributed by atoms with Crippen molar-refractivity contribution >= 4 is 5.78 Å². The number of benzene rings is 1. The summed E-state index contributed by atoms with van der Waals surface area (Å²) in [6, 6.07) is 2.93. The van der Waals surface area contributed by atoms with Crippen molar-refractivity contribution in [2.45, 2.75) is 49.6 Å². The molecule has 1 aromatic carbocycles. The van der Waals surface area contributed by atoms with Crippen molar-refractivity contribution in [1.29, 1.82) is 0 Å². The lowest BCUT2D eigenvalue weighted by Crippen LogP contribution is -2.54. The number of Topliss-reactive ketones (excluding diaryl/α,β-unsaturated/α-hetero) is 1. The number of ether oxygens (including phenoxy) is 4. The summed E-state index contributed by atoms with van der Waals surface area (Å²) in [5.41, 5.74) is -1.02. The van der Waals surface area contributed by atoms with Crippen LogP contribution in [0.25, 0.3) is 0 Å². The molecule has 138 valence electrons. The number of carbonyl (C=O) groups excluding carboxylic acids is 1. The summed E-state index contributed by atoms with van der Waals surface area (Å²) in [5.74, 6) is -0.508. The van der Waals surface area contributed by atoms with E-state index in [4.69, 9.17) is 18.9 Å². The minimum absolute atomic E-state index is 0.0103. The number of phenolic OH excluding ortho intramolecular Hbond substituents is 1. The molecule has 0 spiro atoms. The first-order chi connectivity index (χ1) is 11.9. The third-order valence-corrected chi connectivity index (χ3v) is 5.43. The number of phenols is 1. The number of fused-ring (bicyclic) bond motifs is 1. The van der Waals surface area contributed by atoms with Crippen molar-refractivity contribution in [1.82, 2.24) is 0 Å². The van der Waals surface area contributed by atoms with Gasteiger partial charge in [0.25, 0.3) is 0 Å². The van der Waals surface area contributed by atoms with E-state index in [1.54, 1.807) is 20.3 Å². The van der Waals surface area contributed by atoms with Crippen LogP contribution in [0.5, 0.6) is 17.2 Å². The SMILES string of the molecule is COc1cc(O)c2c(c1)O[C@H](C1(O)CCC(OC)(OC)CC1)CC2=O. The van der Waals surface area contributed by atoms with Crippen LogP contribution in [0.3, 0.4) is 0 Å². The molecule has 7 heteroatoms. The lowest BCUT2D eigenvalue weighted by Gasteiger charge is -2.46. The van der Waals surface area contributed by atoms with Gasteiger partial charge in [-0.2, -0.15) is 0 Å². The number of hydrogen-bond acceptors (Lipinski definition) is 7. The van der Waals surface area contributed by atoms with E-state index in [1.165, 1.54) is 13.2 Å². The van der Waals surface area contributed by atoms with Gasteiger partial charge in [-0.25, -0.2) is 0 Å². The second-order valence-electron chi connectivity index (χ2n) is 6.68. The molecule has 0 bridgehead atoms. The molecule has 7 nitrogen and oxygen atoms in total. The molecule has 1 aromatic rings. The maximum atomic E-state index is 12.5. The molecule has 1 atom stereocenters. The molecule has 0 amide bonds. The quantitative estimate of drug-likeness (QED) is 0.801. The molecule has 25 heavy (non-hydrogen) atoms. The summed E-state index contributed by atoms with van der Waals surface area (Å²) in [4.78, 5) is 12.5. The molecule has 0 unspecified atom stereocenters. The highest BCUT2D eigenvalue weighted by Gasteiger charge is 2.49. The third kappa shape index (κ3) is 3.07. The van der Waals surface area contributed by atoms with E-state index < -0.39 is 17.5 Å². The normalized spacial score (nSPS) is 24.3. The Labute approximate surface area is 146 Å². The standard InChI is InChI=1S/C18H24O7/c1-22-11-8-12(19)16-13(20)10-15(25-14(16)9-11)17(21)4-6-18(23-2,24-3)7-5-17/h8-9,15,19,21H,4-7,10H2,1-3H3/t15-/m0/s1. The molecule has 1 fully saturated rings. The van der Waals surface area contributed by atoms with Crippen molar-refractivity contribution in [2.24, 2.45) is 0 Å². The molecular formula is C18H24O7. The average Bonchev–Trinajstić information content (AvgIpc) is 2.62. The molecule has 0 saturated heterocycles. The van der Waals surface area contributed by atoms with Gasteiger partial charge in [-0.15, -0.1) is 0 Å². The Balaban J connectivity index is 1.84. The van der Waals surface area contributed by atoms with E-state index in [1.807, 2.05) is 0 Å². The van der Waals surface area contributed by atoms with Crippen LogP contribution in [-0.4, -0.2) is 54.8 Å². The molecule has 3 rings (SSSR count). The average molecular weight is 352 g/mol. The number of ketones is 1. The number of carbonyl (C=O) groups is 1. The fraction of sp³-hybridized carbons (Fsp3) is 0.611. The van der Waals surface area contributed by atoms with Crippen molar-refractivity contribution < 1.29 is 34.0 Å². The van der Waals surface area contributed by atoms with E-state index in [9.17, 15) is 15.0 Å². The Morgan fingerprint density at radius 3 is 2.32 bits per heavy atom. The first kappa shape index (κ1) is 18.0. The van der Waals surface area contributed by atoms with Crippen molar-refractivity contribution in [3.05, 3.63) is 17.7 Å². The first-order valence-electron chi connectivity index (χ1n) is 8.30. The van der Waals surface area contributed by atoms with Gasteiger partial charge >= 0.3 is 0 Å². The number of hydrogen-bond donors (Lipinski definition) is 2. The van der Waals surface area contributed by atoms with Crippen LogP contribution in [0.2, 0.25) is 0 Å². The van der Waals surface area contributed by atoms with E-state index >= 15 is 0 Å². The molecule has 0 aromatic heterocycles. The predicted molar refractivity (Wildman–Crippen MR) is 88.2 cm³/mol. The van der Waals surface area contributed by atoms with E-state index in [2.05, 4.69) is 0 Å². The molecule has 1 aliphatic heterocycles. The van der Waals surface area contributed by atoms with Gasteiger partial charge in [0.05, 0.1) is 13.5 Å². The second kappa shape index (κ2) is 6.48. The lowest BCUT2D eigenvalue weighted by atomic mass is 9.75. The van der Waals surface area contributed by atoms with Crippen LogP contribution in [0, 0.1) is 0 Å². The summed E-state index contributed by atoms with van der Waals surface area (Å²) < 4.78 is 21.9. The Bertz CT molecular complexity index is 656. The van der Waals surface area contributed by atoms with Gasteiger partial charge in [-0.1, -0.05) is 0 Å². The van der Waals surface area contributed by atoms with E-state index in [-0.39, 0.29) is 29.3 Å². The number of aliphatic hydroxyl groups is 1. The Hall–Kier alpha value is -1.83. The molecular weight excluding hydrogens is 328 g/mol. The monoisotopic (exact) mass is 352 g/mol. The summed E-state index contributed by atoms with van der Waals surface area (Å²) in [6.07, 6.45) is 1.10. The fourth-order valence-corrected chi connectivity index (χ4v) is 3.71. The van der Waals surface area contributed by atoms with E-state index in [0.717, 1.165) is 0 Å². The van der Waals surface area contributed by atoms with Gasteiger partial charge in [-0.3, -0.25) is 4.79 Å². The Kier molecular flexibility index (Phi) is 4.66. The zero-order valence-corrected chi connectivity index (χ0v) is 14.7. The van der Waals surface area contributed by atoms with Crippen molar-refractivity contribution in [3.8, 4) is 17.2 Å². The van der Waals surface area contributed by atoms with Crippen LogP contribution in [-0.2, 0) is 9.47 Å². The molecule has 1 heterocycles. The summed E-state index contributed by atoms with van der Waals surface area (Å²) >= 11 is 0. The third-order valence-electron chi connectivity index (χ3n) is 5.43. The van der Waals surface area contributed by atoms with E-state index in [0.29, 0.717) is 31.4 Å². The number of aromatic hydroxyl groups is 1. The van der Waals surface area contributed by atoms with Gasteiger partial charge in [0.2, 0.25) is 0 Å². The van der Waals surface area contributed by atoms with Gasteiger partial charge in [0.1, 0.15) is 34.5 Å². The van der Waals surface area contributed by atoms with Crippen LogP contribution in [0.15, 0.2) is 12.1 Å². The van der Waals surface area contributed by atoms with Crippen LogP contribution in [0.4, 0.5) is 0 Å². The van der Waals surface area contributed by atoms with Gasteiger partial charge in [-0.05, 0) is 12.8 Å². The largest absolute Gasteiger partial charge is 0.507 e. The highest BCUT2D eigenvalue weighted by Crippen LogP contribution is 2.45. The van der Waals surface area contributed by atoms with Gasteiger partial charge in [0, 0.05) is 39.2 Å². The zero-order chi connectivity index (χ0) is 18.2. The van der Waals surface area contributed by atoms with Crippen molar-refractivity contribution in [3.63, 3.8) is 0 Å².